The Balaban J connectivity index is 0.00000300. The van der Waals surface area contributed by atoms with Gasteiger partial charge in [-0.15, -0.1) is 23.7 Å². The minimum absolute atomic E-state index is 0. The van der Waals surface area contributed by atoms with Crippen molar-refractivity contribution in [3.63, 3.8) is 0 Å². The number of benzene rings is 1. The van der Waals surface area contributed by atoms with Gasteiger partial charge in [-0.2, -0.15) is 0 Å². The molecule has 0 bridgehead atoms. The average Bonchev–Trinajstić information content (AvgIpc) is 2.86. The van der Waals surface area contributed by atoms with Gasteiger partial charge in [0.05, 0.1) is 23.1 Å². The van der Waals surface area contributed by atoms with E-state index in [1.165, 1.54) is 37.0 Å². The molecule has 0 saturated heterocycles. The number of anilines is 1. The standard InChI is InChI=1S/C19H23FN4O3S.ClH/c1-23-15(12-28-19(23)21-13-6-4-2-3-5-7-13)11-18(25)22-17-10-14(24(26)27)8-9-16(17)20;/h8-10,12-13H,2-7,11H2,1H3,(H,22,25);1H. The number of thiazole rings is 1. The van der Waals surface area contributed by atoms with Crippen molar-refractivity contribution in [3.05, 3.63) is 50.0 Å². The fourth-order valence-electron chi connectivity index (χ4n) is 3.30. The number of nitro benzene ring substituents is 1. The first-order valence-corrected chi connectivity index (χ1v) is 10.2. The lowest BCUT2D eigenvalue weighted by Crippen LogP contribution is -2.21. The third-order valence-electron chi connectivity index (χ3n) is 4.91. The van der Waals surface area contributed by atoms with Crippen LogP contribution >= 0.6 is 23.7 Å². The van der Waals surface area contributed by atoms with Crippen LogP contribution in [0.15, 0.2) is 28.6 Å². The quantitative estimate of drug-likeness (QED) is 0.423. The highest BCUT2D eigenvalue weighted by Gasteiger charge is 2.15. The van der Waals surface area contributed by atoms with Crippen LogP contribution in [0.1, 0.15) is 44.2 Å². The van der Waals surface area contributed by atoms with Gasteiger partial charge in [0.15, 0.2) is 4.80 Å². The molecule has 0 unspecified atom stereocenters. The van der Waals surface area contributed by atoms with Crippen LogP contribution in [0.25, 0.3) is 0 Å². The molecule has 1 aromatic heterocycles. The zero-order chi connectivity index (χ0) is 20.1. The van der Waals surface area contributed by atoms with Gasteiger partial charge in [0, 0.05) is 30.3 Å². The number of carbonyl (C=O) groups excluding carboxylic acids is 1. The normalized spacial score (nSPS) is 15.4. The van der Waals surface area contributed by atoms with E-state index in [0.717, 1.165) is 41.5 Å². The molecule has 0 radical (unpaired) electrons. The Morgan fingerprint density at radius 3 is 2.69 bits per heavy atom. The predicted octanol–water partition coefficient (Wildman–Crippen LogP) is 4.36. The second-order valence-corrected chi connectivity index (χ2v) is 7.83. The fourth-order valence-corrected chi connectivity index (χ4v) is 4.27. The van der Waals surface area contributed by atoms with E-state index in [1.54, 1.807) is 0 Å². The number of aromatic nitrogens is 1. The van der Waals surface area contributed by atoms with E-state index in [0.29, 0.717) is 6.04 Å². The molecule has 1 aliphatic carbocycles. The Bertz CT molecular complexity index is 936. The summed E-state index contributed by atoms with van der Waals surface area (Å²) < 4.78 is 15.7. The van der Waals surface area contributed by atoms with Gasteiger partial charge in [-0.3, -0.25) is 19.9 Å². The fraction of sp³-hybridized carbons (Fsp3) is 0.474. The number of non-ortho nitro benzene ring substituents is 1. The van der Waals surface area contributed by atoms with Crippen LogP contribution in [0.5, 0.6) is 0 Å². The van der Waals surface area contributed by atoms with E-state index in [4.69, 9.17) is 4.99 Å². The molecule has 0 atom stereocenters. The first-order chi connectivity index (χ1) is 13.4. The smallest absolute Gasteiger partial charge is 0.271 e. The van der Waals surface area contributed by atoms with Gasteiger partial charge >= 0.3 is 0 Å². The number of nitro groups is 1. The third-order valence-corrected chi connectivity index (χ3v) is 5.89. The SMILES string of the molecule is Cl.Cn1c(CC(=O)Nc2cc([N+](=O)[O-])ccc2F)csc1=NC1CCCCCC1. The summed E-state index contributed by atoms with van der Waals surface area (Å²) in [5.74, 6) is -1.15. The number of hydrogen-bond donors (Lipinski definition) is 1. The summed E-state index contributed by atoms with van der Waals surface area (Å²) in [6.45, 7) is 0. The first kappa shape index (κ1) is 23.0. The maximum Gasteiger partial charge on any atom is 0.271 e. The van der Waals surface area contributed by atoms with Crippen molar-refractivity contribution in [2.75, 3.05) is 5.32 Å². The minimum Gasteiger partial charge on any atom is -0.324 e. The highest BCUT2D eigenvalue weighted by molar-refractivity contribution is 7.07. The van der Waals surface area contributed by atoms with Crippen LogP contribution in [0, 0.1) is 15.9 Å². The highest BCUT2D eigenvalue weighted by Crippen LogP contribution is 2.22. The monoisotopic (exact) mass is 442 g/mol. The van der Waals surface area contributed by atoms with Crippen molar-refractivity contribution in [1.29, 1.82) is 0 Å². The Labute approximate surface area is 178 Å². The van der Waals surface area contributed by atoms with Crippen molar-refractivity contribution in [2.45, 2.75) is 51.0 Å². The second kappa shape index (κ2) is 10.5. The topological polar surface area (TPSA) is 89.5 Å². The van der Waals surface area contributed by atoms with Gasteiger partial charge in [0.2, 0.25) is 5.91 Å². The van der Waals surface area contributed by atoms with Gasteiger partial charge in [0.1, 0.15) is 5.82 Å². The number of amides is 1. The van der Waals surface area contributed by atoms with E-state index in [-0.39, 0.29) is 30.2 Å². The van der Waals surface area contributed by atoms with Gasteiger partial charge in [-0.05, 0) is 18.9 Å². The summed E-state index contributed by atoms with van der Waals surface area (Å²) in [7, 11) is 1.86. The number of hydrogen-bond acceptors (Lipinski definition) is 5. The lowest BCUT2D eigenvalue weighted by molar-refractivity contribution is -0.384. The zero-order valence-electron chi connectivity index (χ0n) is 16.1. The zero-order valence-corrected chi connectivity index (χ0v) is 17.7. The van der Waals surface area contributed by atoms with E-state index in [9.17, 15) is 19.3 Å². The molecule has 0 aliphatic heterocycles. The Morgan fingerprint density at radius 1 is 1.34 bits per heavy atom. The van der Waals surface area contributed by atoms with Crippen LogP contribution in [0.3, 0.4) is 0 Å². The lowest BCUT2D eigenvalue weighted by Gasteiger charge is -2.08. The number of rotatable bonds is 5. The van der Waals surface area contributed by atoms with Crippen LogP contribution < -0.4 is 10.1 Å². The van der Waals surface area contributed by atoms with Crippen LogP contribution in [-0.2, 0) is 18.3 Å². The molecule has 1 N–H and O–H groups in total. The minimum atomic E-state index is -0.710. The van der Waals surface area contributed by atoms with Crippen LogP contribution in [0.4, 0.5) is 15.8 Å². The molecule has 1 heterocycles. The van der Waals surface area contributed by atoms with Gasteiger partial charge in [0.25, 0.3) is 5.69 Å². The number of halogens is 2. The summed E-state index contributed by atoms with van der Waals surface area (Å²) >= 11 is 1.49. The Morgan fingerprint density at radius 2 is 2.03 bits per heavy atom. The van der Waals surface area contributed by atoms with Crippen LogP contribution in [0.2, 0.25) is 0 Å². The van der Waals surface area contributed by atoms with Crippen molar-refractivity contribution in [2.24, 2.45) is 12.0 Å². The van der Waals surface area contributed by atoms with E-state index in [2.05, 4.69) is 5.32 Å². The van der Waals surface area contributed by atoms with Crippen molar-refractivity contribution < 1.29 is 14.1 Å². The molecule has 1 fully saturated rings. The van der Waals surface area contributed by atoms with E-state index >= 15 is 0 Å². The van der Waals surface area contributed by atoms with Gasteiger partial charge < -0.3 is 9.88 Å². The molecule has 1 saturated carbocycles. The summed E-state index contributed by atoms with van der Waals surface area (Å²) in [6.07, 6.45) is 7.17. The first-order valence-electron chi connectivity index (χ1n) is 9.35. The highest BCUT2D eigenvalue weighted by atomic mass is 35.5. The summed E-state index contributed by atoms with van der Waals surface area (Å²) in [5, 5.41) is 15.1. The molecule has 3 rings (SSSR count). The number of nitrogens with zero attached hydrogens (tertiary/aromatic N) is 3. The van der Waals surface area contributed by atoms with Crippen LogP contribution in [-0.4, -0.2) is 21.4 Å². The number of carbonyl (C=O) groups is 1. The summed E-state index contributed by atoms with van der Waals surface area (Å²) in [4.78, 5) is 28.2. The Kier molecular flexibility index (Phi) is 8.33. The van der Waals surface area contributed by atoms with E-state index < -0.39 is 16.6 Å². The van der Waals surface area contributed by atoms with Crippen molar-refractivity contribution >= 4 is 41.0 Å². The molecular weight excluding hydrogens is 419 g/mol. The lowest BCUT2D eigenvalue weighted by atomic mass is 10.1. The van der Waals surface area contributed by atoms with Gasteiger partial charge in [-0.25, -0.2) is 4.39 Å². The van der Waals surface area contributed by atoms with E-state index in [1.807, 2.05) is 17.0 Å². The average molecular weight is 443 g/mol. The largest absolute Gasteiger partial charge is 0.324 e. The molecule has 1 aromatic carbocycles. The molecule has 7 nitrogen and oxygen atoms in total. The second-order valence-electron chi connectivity index (χ2n) is 6.99. The molecule has 10 heteroatoms. The number of nitrogens with one attached hydrogen (secondary N) is 1. The molecule has 0 spiro atoms. The molecular formula is C19H24ClFN4O3S. The van der Waals surface area contributed by atoms with Crippen molar-refractivity contribution in [1.82, 2.24) is 4.57 Å². The molecule has 158 valence electrons. The Hall–Kier alpha value is -2.26. The summed E-state index contributed by atoms with van der Waals surface area (Å²) in [6, 6.07) is 3.38. The third kappa shape index (κ3) is 6.11. The molecule has 1 aliphatic rings. The van der Waals surface area contributed by atoms with Crippen molar-refractivity contribution in [3.8, 4) is 0 Å². The molecule has 29 heavy (non-hydrogen) atoms. The van der Waals surface area contributed by atoms with Gasteiger partial charge in [-0.1, -0.05) is 25.7 Å². The maximum absolute atomic E-state index is 13.9. The maximum atomic E-state index is 13.9. The summed E-state index contributed by atoms with van der Waals surface area (Å²) in [5.41, 5.74) is 0.295. The molecule has 1 amide bonds. The molecule has 2 aromatic rings. The predicted molar refractivity (Wildman–Crippen MR) is 113 cm³/mol.